The van der Waals surface area contributed by atoms with Gasteiger partial charge < -0.3 is 10.2 Å². The molecule has 3 rings (SSSR count). The normalized spacial score (nSPS) is 10.1. The summed E-state index contributed by atoms with van der Waals surface area (Å²) < 4.78 is 0. The van der Waals surface area contributed by atoms with E-state index >= 15 is 0 Å². The number of para-hydroxylation sites is 1. The summed E-state index contributed by atoms with van der Waals surface area (Å²) in [6.45, 7) is 4.75. The number of hydrogen-bond donors (Lipinski definition) is 1. The maximum absolute atomic E-state index is 12.4. The van der Waals surface area contributed by atoms with Crippen molar-refractivity contribution >= 4 is 23.2 Å². The first kappa shape index (κ1) is 18.1. The third-order valence-corrected chi connectivity index (χ3v) is 4.07. The van der Waals surface area contributed by atoms with Crippen LogP contribution in [0.5, 0.6) is 0 Å². The van der Waals surface area contributed by atoms with Gasteiger partial charge in [-0.05, 0) is 43.7 Å². The van der Waals surface area contributed by atoms with Crippen LogP contribution < -0.4 is 10.2 Å². The number of carbonyl (C=O) groups excluding carboxylic acids is 1. The SMILES string of the molecule is CCN(c1cccc(C)c1)c1ncc(C(=O)Nc2ccccc2C#N)cn1. The van der Waals surface area contributed by atoms with Gasteiger partial charge in [0.2, 0.25) is 5.95 Å². The number of benzene rings is 2. The lowest BCUT2D eigenvalue weighted by molar-refractivity contribution is 0.102. The van der Waals surface area contributed by atoms with Crippen LogP contribution in [-0.4, -0.2) is 22.4 Å². The molecule has 0 radical (unpaired) electrons. The molecular weight excluding hydrogens is 338 g/mol. The second-order valence-electron chi connectivity index (χ2n) is 5.97. The Kier molecular flexibility index (Phi) is 5.43. The van der Waals surface area contributed by atoms with E-state index in [4.69, 9.17) is 5.26 Å². The van der Waals surface area contributed by atoms with Crippen LogP contribution in [-0.2, 0) is 0 Å². The minimum atomic E-state index is -0.358. The molecule has 1 N–H and O–H groups in total. The lowest BCUT2D eigenvalue weighted by Gasteiger charge is -2.21. The molecule has 0 unspecified atom stereocenters. The molecule has 2 aromatic carbocycles. The standard InChI is InChI=1S/C21H19N5O/c1-3-26(18-9-6-7-15(2)11-18)21-23-13-17(14-24-21)20(27)25-19-10-5-4-8-16(19)12-22/h4-11,13-14H,3H2,1-2H3,(H,25,27). The summed E-state index contributed by atoms with van der Waals surface area (Å²) in [5, 5.41) is 11.8. The van der Waals surface area contributed by atoms with Crippen molar-refractivity contribution in [1.82, 2.24) is 9.97 Å². The Morgan fingerprint density at radius 1 is 1.15 bits per heavy atom. The molecule has 0 atom stereocenters. The fourth-order valence-corrected chi connectivity index (χ4v) is 2.70. The van der Waals surface area contributed by atoms with Crippen molar-refractivity contribution in [2.75, 3.05) is 16.8 Å². The van der Waals surface area contributed by atoms with E-state index in [-0.39, 0.29) is 5.91 Å². The molecule has 0 aliphatic rings. The Bertz CT molecular complexity index is 992. The zero-order valence-electron chi connectivity index (χ0n) is 15.2. The van der Waals surface area contributed by atoms with Crippen molar-refractivity contribution in [3.63, 3.8) is 0 Å². The van der Waals surface area contributed by atoms with Gasteiger partial charge in [0.05, 0.1) is 16.8 Å². The monoisotopic (exact) mass is 357 g/mol. The lowest BCUT2D eigenvalue weighted by atomic mass is 10.2. The first-order chi connectivity index (χ1) is 13.1. The summed E-state index contributed by atoms with van der Waals surface area (Å²) in [4.78, 5) is 23.1. The molecule has 27 heavy (non-hydrogen) atoms. The first-order valence-corrected chi connectivity index (χ1v) is 8.59. The zero-order valence-corrected chi connectivity index (χ0v) is 15.2. The largest absolute Gasteiger partial charge is 0.321 e. The Morgan fingerprint density at radius 2 is 1.89 bits per heavy atom. The molecule has 1 amide bonds. The van der Waals surface area contributed by atoms with Gasteiger partial charge >= 0.3 is 0 Å². The van der Waals surface area contributed by atoms with Gasteiger partial charge in [0.15, 0.2) is 0 Å². The third kappa shape index (κ3) is 4.10. The van der Waals surface area contributed by atoms with E-state index < -0.39 is 0 Å². The summed E-state index contributed by atoms with van der Waals surface area (Å²) in [5.74, 6) is 0.167. The summed E-state index contributed by atoms with van der Waals surface area (Å²) >= 11 is 0. The summed E-state index contributed by atoms with van der Waals surface area (Å²) in [5.41, 5.74) is 3.34. The Morgan fingerprint density at radius 3 is 2.56 bits per heavy atom. The molecule has 6 heteroatoms. The predicted octanol–water partition coefficient (Wildman–Crippen LogP) is 4.07. The number of amides is 1. The topological polar surface area (TPSA) is 81.9 Å². The van der Waals surface area contributed by atoms with Crippen LogP contribution in [0.1, 0.15) is 28.4 Å². The van der Waals surface area contributed by atoms with E-state index in [0.29, 0.717) is 29.3 Å². The number of nitrogens with one attached hydrogen (secondary N) is 1. The first-order valence-electron chi connectivity index (χ1n) is 8.59. The fraction of sp³-hybridized carbons (Fsp3) is 0.143. The number of rotatable bonds is 5. The van der Waals surface area contributed by atoms with Crippen molar-refractivity contribution in [3.05, 3.63) is 77.6 Å². The molecule has 0 fully saturated rings. The summed E-state index contributed by atoms with van der Waals surface area (Å²) in [7, 11) is 0. The predicted molar refractivity (Wildman–Crippen MR) is 105 cm³/mol. The van der Waals surface area contributed by atoms with Crippen LogP contribution in [0.25, 0.3) is 0 Å². The molecular formula is C21H19N5O. The van der Waals surface area contributed by atoms with Crippen molar-refractivity contribution in [1.29, 1.82) is 5.26 Å². The number of carbonyl (C=O) groups is 1. The fourth-order valence-electron chi connectivity index (χ4n) is 2.70. The van der Waals surface area contributed by atoms with E-state index in [1.165, 1.54) is 12.4 Å². The Labute approximate surface area is 158 Å². The van der Waals surface area contributed by atoms with Crippen molar-refractivity contribution < 1.29 is 4.79 Å². The molecule has 6 nitrogen and oxygen atoms in total. The highest BCUT2D eigenvalue weighted by molar-refractivity contribution is 6.04. The maximum atomic E-state index is 12.4. The Balaban J connectivity index is 1.80. The smallest absolute Gasteiger partial charge is 0.258 e. The van der Waals surface area contributed by atoms with Crippen LogP contribution >= 0.6 is 0 Å². The van der Waals surface area contributed by atoms with Gasteiger partial charge in [-0.15, -0.1) is 0 Å². The van der Waals surface area contributed by atoms with E-state index in [9.17, 15) is 4.79 Å². The molecule has 0 bridgehead atoms. The number of nitrogens with zero attached hydrogens (tertiary/aromatic N) is 4. The average molecular weight is 357 g/mol. The molecule has 0 spiro atoms. The van der Waals surface area contributed by atoms with Crippen LogP contribution in [0.2, 0.25) is 0 Å². The minimum absolute atomic E-state index is 0.326. The van der Waals surface area contributed by atoms with Crippen molar-refractivity contribution in [2.45, 2.75) is 13.8 Å². The molecule has 1 aromatic heterocycles. The van der Waals surface area contributed by atoms with Gasteiger partial charge in [-0.2, -0.15) is 5.26 Å². The maximum Gasteiger partial charge on any atom is 0.258 e. The molecule has 134 valence electrons. The number of aromatic nitrogens is 2. The minimum Gasteiger partial charge on any atom is -0.321 e. The van der Waals surface area contributed by atoms with Gasteiger partial charge in [-0.3, -0.25) is 4.79 Å². The molecule has 0 saturated carbocycles. The van der Waals surface area contributed by atoms with Crippen molar-refractivity contribution in [2.24, 2.45) is 0 Å². The van der Waals surface area contributed by atoms with Crippen LogP contribution in [0.4, 0.5) is 17.3 Å². The third-order valence-electron chi connectivity index (χ3n) is 4.07. The number of nitriles is 1. The quantitative estimate of drug-likeness (QED) is 0.744. The number of aryl methyl sites for hydroxylation is 1. The van der Waals surface area contributed by atoms with Gasteiger partial charge in [0.1, 0.15) is 6.07 Å². The second kappa shape index (κ2) is 8.11. The molecule has 0 aliphatic carbocycles. The highest BCUT2D eigenvalue weighted by Gasteiger charge is 2.13. The van der Waals surface area contributed by atoms with Crippen LogP contribution in [0.15, 0.2) is 60.9 Å². The molecule has 0 aliphatic heterocycles. The highest BCUT2D eigenvalue weighted by atomic mass is 16.1. The highest BCUT2D eigenvalue weighted by Crippen LogP contribution is 2.22. The van der Waals surface area contributed by atoms with Gasteiger partial charge in [-0.25, -0.2) is 9.97 Å². The van der Waals surface area contributed by atoms with Gasteiger partial charge in [-0.1, -0.05) is 24.3 Å². The van der Waals surface area contributed by atoms with E-state index in [2.05, 4.69) is 27.4 Å². The lowest BCUT2D eigenvalue weighted by Crippen LogP contribution is -2.20. The second-order valence-corrected chi connectivity index (χ2v) is 5.97. The van der Waals surface area contributed by atoms with Gasteiger partial charge in [0, 0.05) is 24.6 Å². The van der Waals surface area contributed by atoms with E-state index in [1.54, 1.807) is 24.3 Å². The number of hydrogen-bond acceptors (Lipinski definition) is 5. The number of anilines is 3. The van der Waals surface area contributed by atoms with E-state index in [0.717, 1.165) is 11.3 Å². The van der Waals surface area contributed by atoms with Crippen molar-refractivity contribution in [3.8, 4) is 6.07 Å². The van der Waals surface area contributed by atoms with Crippen LogP contribution in [0.3, 0.4) is 0 Å². The Hall–Kier alpha value is -3.72. The van der Waals surface area contributed by atoms with E-state index in [1.807, 2.05) is 36.9 Å². The zero-order chi connectivity index (χ0) is 19.2. The molecule has 0 saturated heterocycles. The average Bonchev–Trinajstić information content (AvgIpc) is 2.69. The summed E-state index contributed by atoms with van der Waals surface area (Å²) in [6.07, 6.45) is 2.98. The molecule has 1 heterocycles. The summed E-state index contributed by atoms with van der Waals surface area (Å²) in [6, 6.07) is 17.0. The van der Waals surface area contributed by atoms with Crippen LogP contribution in [0, 0.1) is 18.3 Å². The molecule has 3 aromatic rings. The van der Waals surface area contributed by atoms with Gasteiger partial charge in [0.25, 0.3) is 5.91 Å².